The van der Waals surface area contributed by atoms with E-state index in [-0.39, 0.29) is 22.9 Å². The van der Waals surface area contributed by atoms with Gasteiger partial charge in [0.1, 0.15) is 11.3 Å². The molecule has 0 bridgehead atoms. The van der Waals surface area contributed by atoms with E-state index < -0.39 is 11.9 Å². The molecule has 1 aliphatic heterocycles. The SMILES string of the molecule is COc1cc(/C=C2/N=C(c3ccccc3Br)OC2=O)ccc1OC(=O)c1ccccc1OC. The van der Waals surface area contributed by atoms with Crippen molar-refractivity contribution in [2.24, 2.45) is 4.99 Å². The van der Waals surface area contributed by atoms with Gasteiger partial charge in [-0.1, -0.05) is 30.3 Å². The van der Waals surface area contributed by atoms with E-state index in [0.717, 1.165) is 4.47 Å². The van der Waals surface area contributed by atoms with E-state index in [1.165, 1.54) is 14.2 Å². The van der Waals surface area contributed by atoms with Crippen LogP contribution in [0.1, 0.15) is 21.5 Å². The summed E-state index contributed by atoms with van der Waals surface area (Å²) < 4.78 is 22.2. The monoisotopic (exact) mass is 507 g/mol. The summed E-state index contributed by atoms with van der Waals surface area (Å²) in [6.07, 6.45) is 1.57. The number of nitrogens with zero attached hydrogens (tertiary/aromatic N) is 1. The van der Waals surface area contributed by atoms with Gasteiger partial charge in [-0.25, -0.2) is 14.6 Å². The van der Waals surface area contributed by atoms with Gasteiger partial charge in [-0.05, 0) is 64.0 Å². The molecule has 0 fully saturated rings. The third-order valence-electron chi connectivity index (χ3n) is 4.75. The maximum atomic E-state index is 12.6. The van der Waals surface area contributed by atoms with Gasteiger partial charge >= 0.3 is 11.9 Å². The number of hydrogen-bond acceptors (Lipinski definition) is 7. The highest BCUT2D eigenvalue weighted by Crippen LogP contribution is 2.31. The Labute approximate surface area is 198 Å². The molecule has 0 spiro atoms. The second-order valence-electron chi connectivity index (χ2n) is 6.82. The summed E-state index contributed by atoms with van der Waals surface area (Å²) in [4.78, 5) is 29.3. The molecular weight excluding hydrogens is 490 g/mol. The summed E-state index contributed by atoms with van der Waals surface area (Å²) in [5, 5.41) is 0. The standard InChI is InChI=1S/C25H18BrNO6/c1-30-20-10-6-4-8-17(20)24(28)32-21-12-11-15(14-22(21)31-2)13-19-25(29)33-23(27-19)16-7-3-5-9-18(16)26/h3-14H,1-2H3/b19-13+. The first-order valence-corrected chi connectivity index (χ1v) is 10.6. The van der Waals surface area contributed by atoms with Gasteiger partial charge in [-0.15, -0.1) is 0 Å². The molecule has 4 rings (SSSR count). The molecule has 0 saturated carbocycles. The normalized spacial score (nSPS) is 14.0. The third kappa shape index (κ3) is 4.80. The fourth-order valence-electron chi connectivity index (χ4n) is 3.14. The quantitative estimate of drug-likeness (QED) is 0.264. The van der Waals surface area contributed by atoms with Gasteiger partial charge in [0, 0.05) is 4.47 Å². The molecule has 0 saturated heterocycles. The molecule has 0 unspecified atom stereocenters. The minimum absolute atomic E-state index is 0.140. The largest absolute Gasteiger partial charge is 0.496 e. The average Bonchev–Trinajstić information content (AvgIpc) is 3.19. The predicted octanol–water partition coefficient (Wildman–Crippen LogP) is 5.03. The van der Waals surface area contributed by atoms with Crippen molar-refractivity contribution in [2.75, 3.05) is 14.2 Å². The Morgan fingerprint density at radius 2 is 1.67 bits per heavy atom. The zero-order valence-corrected chi connectivity index (χ0v) is 19.3. The predicted molar refractivity (Wildman–Crippen MR) is 126 cm³/mol. The second-order valence-corrected chi connectivity index (χ2v) is 7.67. The summed E-state index contributed by atoms with van der Waals surface area (Å²) in [6, 6.07) is 19.0. The van der Waals surface area contributed by atoms with Gasteiger partial charge in [0.25, 0.3) is 0 Å². The van der Waals surface area contributed by atoms with Crippen LogP contribution in [0.2, 0.25) is 0 Å². The van der Waals surface area contributed by atoms with Gasteiger partial charge in [0.2, 0.25) is 5.90 Å². The van der Waals surface area contributed by atoms with Crippen LogP contribution in [0.25, 0.3) is 6.08 Å². The lowest BCUT2D eigenvalue weighted by molar-refractivity contribution is -0.129. The van der Waals surface area contributed by atoms with Crippen molar-refractivity contribution in [1.29, 1.82) is 0 Å². The first-order chi connectivity index (χ1) is 16.0. The van der Waals surface area contributed by atoms with Crippen LogP contribution < -0.4 is 14.2 Å². The number of esters is 2. The highest BCUT2D eigenvalue weighted by Gasteiger charge is 2.25. The number of hydrogen-bond donors (Lipinski definition) is 0. The Balaban J connectivity index is 1.59. The Morgan fingerprint density at radius 1 is 0.939 bits per heavy atom. The summed E-state index contributed by atoms with van der Waals surface area (Å²) >= 11 is 3.43. The molecule has 0 radical (unpaired) electrons. The molecule has 0 aliphatic carbocycles. The van der Waals surface area contributed by atoms with E-state index in [1.54, 1.807) is 54.6 Å². The maximum Gasteiger partial charge on any atom is 0.363 e. The number of ether oxygens (including phenoxy) is 4. The molecule has 0 amide bonds. The molecule has 0 atom stereocenters. The van der Waals surface area contributed by atoms with Gasteiger partial charge in [-0.2, -0.15) is 0 Å². The van der Waals surface area contributed by atoms with Crippen molar-refractivity contribution < 1.29 is 28.5 Å². The van der Waals surface area contributed by atoms with Crippen molar-refractivity contribution in [1.82, 2.24) is 0 Å². The highest BCUT2D eigenvalue weighted by atomic mass is 79.9. The van der Waals surface area contributed by atoms with Crippen molar-refractivity contribution >= 4 is 39.8 Å². The van der Waals surface area contributed by atoms with E-state index in [1.807, 2.05) is 18.2 Å². The number of carbonyl (C=O) groups excluding carboxylic acids is 2. The number of cyclic esters (lactones) is 1. The van der Waals surface area contributed by atoms with Crippen LogP contribution in [-0.4, -0.2) is 32.1 Å². The minimum atomic E-state index is -0.584. The van der Waals surface area contributed by atoms with Crippen molar-refractivity contribution in [3.63, 3.8) is 0 Å². The minimum Gasteiger partial charge on any atom is -0.496 e. The summed E-state index contributed by atoms with van der Waals surface area (Å²) in [6.45, 7) is 0. The summed E-state index contributed by atoms with van der Waals surface area (Å²) in [5.41, 5.74) is 1.72. The van der Waals surface area contributed by atoms with Gasteiger partial charge in [0.15, 0.2) is 17.2 Å². The lowest BCUT2D eigenvalue weighted by atomic mass is 10.1. The number of methoxy groups -OCH3 is 2. The first kappa shape index (κ1) is 22.3. The van der Waals surface area contributed by atoms with E-state index >= 15 is 0 Å². The second kappa shape index (κ2) is 9.70. The van der Waals surface area contributed by atoms with E-state index in [0.29, 0.717) is 22.6 Å². The first-order valence-electron chi connectivity index (χ1n) is 9.81. The lowest BCUT2D eigenvalue weighted by Crippen LogP contribution is -2.10. The van der Waals surface area contributed by atoms with Gasteiger partial charge in [0.05, 0.1) is 19.8 Å². The number of aliphatic imine (C=N–C) groups is 1. The molecular formula is C25H18BrNO6. The molecule has 1 aliphatic rings. The number of para-hydroxylation sites is 1. The zero-order chi connectivity index (χ0) is 23.4. The van der Waals surface area contributed by atoms with Gasteiger partial charge < -0.3 is 18.9 Å². The van der Waals surface area contributed by atoms with E-state index in [2.05, 4.69) is 20.9 Å². The van der Waals surface area contributed by atoms with E-state index in [9.17, 15) is 9.59 Å². The van der Waals surface area contributed by atoms with Crippen LogP contribution in [0.3, 0.4) is 0 Å². The molecule has 7 nitrogen and oxygen atoms in total. The molecule has 166 valence electrons. The third-order valence-corrected chi connectivity index (χ3v) is 5.44. The zero-order valence-electron chi connectivity index (χ0n) is 17.7. The molecule has 0 aromatic heterocycles. The Bertz CT molecular complexity index is 1300. The van der Waals surface area contributed by atoms with Gasteiger partial charge in [-0.3, -0.25) is 0 Å². The molecule has 33 heavy (non-hydrogen) atoms. The summed E-state index contributed by atoms with van der Waals surface area (Å²) in [7, 11) is 2.94. The molecule has 3 aromatic rings. The van der Waals surface area contributed by atoms with Crippen molar-refractivity contribution in [3.05, 3.63) is 93.6 Å². The van der Waals surface area contributed by atoms with Crippen molar-refractivity contribution in [3.8, 4) is 17.2 Å². The Kier molecular flexibility index (Phi) is 6.55. The highest BCUT2D eigenvalue weighted by molar-refractivity contribution is 9.10. The average molecular weight is 508 g/mol. The lowest BCUT2D eigenvalue weighted by Gasteiger charge is -2.11. The molecule has 1 heterocycles. The van der Waals surface area contributed by atoms with Crippen LogP contribution in [0.15, 0.2) is 81.9 Å². The fraction of sp³-hybridized carbons (Fsp3) is 0.0800. The van der Waals surface area contributed by atoms with E-state index in [4.69, 9.17) is 18.9 Å². The van der Waals surface area contributed by atoms with Crippen molar-refractivity contribution in [2.45, 2.75) is 0 Å². The number of rotatable bonds is 6. The molecule has 0 N–H and O–H groups in total. The summed E-state index contributed by atoms with van der Waals surface area (Å²) in [5.74, 6) is 0.00978. The van der Waals surface area contributed by atoms with Crippen LogP contribution in [-0.2, 0) is 9.53 Å². The Morgan fingerprint density at radius 3 is 2.42 bits per heavy atom. The molecule has 3 aromatic carbocycles. The van der Waals surface area contributed by atoms with Crippen LogP contribution in [0.5, 0.6) is 17.2 Å². The van der Waals surface area contributed by atoms with Crippen LogP contribution in [0.4, 0.5) is 0 Å². The number of carbonyl (C=O) groups is 2. The smallest absolute Gasteiger partial charge is 0.363 e. The van der Waals surface area contributed by atoms with Crippen LogP contribution >= 0.6 is 15.9 Å². The number of benzene rings is 3. The topological polar surface area (TPSA) is 83.4 Å². The maximum absolute atomic E-state index is 12.6. The Hall–Kier alpha value is -3.91. The number of halogens is 1. The molecule has 8 heteroatoms. The van der Waals surface area contributed by atoms with Crippen LogP contribution in [0, 0.1) is 0 Å². The fourth-order valence-corrected chi connectivity index (χ4v) is 3.60.